The second kappa shape index (κ2) is 5.53. The third kappa shape index (κ3) is 3.91. The van der Waals surface area contributed by atoms with Crippen molar-refractivity contribution in [3.05, 3.63) is 35.6 Å². The number of hydrogen-bond donors (Lipinski definition) is 0. The van der Waals surface area contributed by atoms with Crippen LogP contribution in [0.25, 0.3) is 0 Å². The maximum absolute atomic E-state index is 4.24. The summed E-state index contributed by atoms with van der Waals surface area (Å²) in [7, 11) is 0. The van der Waals surface area contributed by atoms with E-state index in [0.717, 1.165) is 16.8 Å². The van der Waals surface area contributed by atoms with Crippen LogP contribution < -0.4 is 0 Å². The van der Waals surface area contributed by atoms with Crippen molar-refractivity contribution in [2.24, 2.45) is 4.99 Å². The molecule has 0 bridgehead atoms. The predicted molar refractivity (Wildman–Crippen MR) is 56.5 cm³/mol. The first-order valence-electron chi connectivity index (χ1n) is 4.08. The maximum atomic E-state index is 4.24. The number of aliphatic imine (C=N–C) groups is 1. The van der Waals surface area contributed by atoms with Gasteiger partial charge in [-0.1, -0.05) is 18.2 Å². The summed E-state index contributed by atoms with van der Waals surface area (Å²) in [6.07, 6.45) is 5.66. The first-order valence-corrected chi connectivity index (χ1v) is 4.08. The molecule has 1 nitrogen and oxygen atoms in total. The highest BCUT2D eigenvalue weighted by molar-refractivity contribution is 5.72. The van der Waals surface area contributed by atoms with E-state index in [1.807, 2.05) is 39.8 Å². The molecule has 1 heteroatoms. The zero-order chi connectivity index (χ0) is 9.56. The molecule has 0 atom stereocenters. The number of hydrogen-bond acceptors (Lipinski definition) is 1. The van der Waals surface area contributed by atoms with E-state index >= 15 is 0 Å². The van der Waals surface area contributed by atoms with Crippen molar-refractivity contribution in [3.8, 4) is 0 Å². The van der Waals surface area contributed by atoms with Crippen LogP contribution in [-0.2, 0) is 0 Å². The van der Waals surface area contributed by atoms with Crippen molar-refractivity contribution >= 4 is 6.21 Å². The van der Waals surface area contributed by atoms with E-state index in [-0.39, 0.29) is 0 Å². The van der Waals surface area contributed by atoms with Crippen LogP contribution >= 0.6 is 0 Å². The van der Waals surface area contributed by atoms with E-state index < -0.39 is 0 Å². The first-order chi connectivity index (χ1) is 5.59. The highest BCUT2D eigenvalue weighted by Crippen LogP contribution is 2.11. The van der Waals surface area contributed by atoms with E-state index in [9.17, 15) is 0 Å². The molecule has 0 aromatic carbocycles. The maximum Gasteiger partial charge on any atom is 0.0404 e. The Morgan fingerprint density at radius 1 is 1.25 bits per heavy atom. The second-order valence-corrected chi connectivity index (χ2v) is 2.79. The van der Waals surface area contributed by atoms with E-state index in [2.05, 4.69) is 11.6 Å². The van der Waals surface area contributed by atoms with Crippen LogP contribution in [0.15, 0.2) is 40.6 Å². The molecular formula is C11H17N. The lowest BCUT2D eigenvalue weighted by Gasteiger charge is -2.00. The lowest BCUT2D eigenvalue weighted by molar-refractivity contribution is 1.20. The summed E-state index contributed by atoms with van der Waals surface area (Å²) < 4.78 is 0. The van der Waals surface area contributed by atoms with Gasteiger partial charge in [-0.05, 0) is 39.3 Å². The minimum Gasteiger partial charge on any atom is -0.261 e. The molecule has 0 aromatic heterocycles. The van der Waals surface area contributed by atoms with E-state index in [0.29, 0.717) is 0 Å². The summed E-state index contributed by atoms with van der Waals surface area (Å²) in [5.74, 6) is 0. The highest BCUT2D eigenvalue weighted by Gasteiger charge is 1.93. The van der Waals surface area contributed by atoms with Gasteiger partial charge in [-0.15, -0.1) is 0 Å². The Bertz CT molecular complexity index is 242. The average Bonchev–Trinajstić information content (AvgIpc) is 2.03. The van der Waals surface area contributed by atoms with E-state index in [1.165, 1.54) is 0 Å². The lowest BCUT2D eigenvalue weighted by atomic mass is 10.1. The topological polar surface area (TPSA) is 12.4 Å². The molecular weight excluding hydrogens is 146 g/mol. The van der Waals surface area contributed by atoms with Crippen molar-refractivity contribution in [3.63, 3.8) is 0 Å². The third-order valence-corrected chi connectivity index (χ3v) is 1.73. The molecule has 0 unspecified atom stereocenters. The molecule has 0 rings (SSSR count). The summed E-state index contributed by atoms with van der Waals surface area (Å²) in [5.41, 5.74) is 3.27. The van der Waals surface area contributed by atoms with Crippen LogP contribution in [0.4, 0.5) is 0 Å². The average molecular weight is 163 g/mol. The Kier molecular flexibility index (Phi) is 5.02. The molecule has 0 fully saturated rings. The fourth-order valence-electron chi connectivity index (χ4n) is 0.647. The largest absolute Gasteiger partial charge is 0.261 e. The molecule has 0 aliphatic heterocycles. The van der Waals surface area contributed by atoms with Crippen LogP contribution in [-0.4, -0.2) is 6.21 Å². The van der Waals surface area contributed by atoms with Crippen molar-refractivity contribution in [2.45, 2.75) is 27.7 Å². The third-order valence-electron chi connectivity index (χ3n) is 1.73. The summed E-state index contributed by atoms with van der Waals surface area (Å²) in [6.45, 7) is 11.8. The zero-order valence-electron chi connectivity index (χ0n) is 8.39. The highest BCUT2D eigenvalue weighted by atomic mass is 14.7. The fraction of sp³-hybridized carbons (Fsp3) is 0.364. The summed E-state index contributed by atoms with van der Waals surface area (Å²) in [4.78, 5) is 4.24. The molecule has 0 heterocycles. The van der Waals surface area contributed by atoms with Crippen LogP contribution in [0, 0.1) is 0 Å². The minimum atomic E-state index is 1.03. The summed E-state index contributed by atoms with van der Waals surface area (Å²) in [6, 6.07) is 0. The molecule has 0 saturated carbocycles. The van der Waals surface area contributed by atoms with E-state index in [1.54, 1.807) is 6.21 Å². The second-order valence-electron chi connectivity index (χ2n) is 2.79. The molecule has 0 aromatic rings. The van der Waals surface area contributed by atoms with Crippen LogP contribution in [0.3, 0.4) is 0 Å². The number of nitrogens with zero attached hydrogens (tertiary/aromatic N) is 1. The van der Waals surface area contributed by atoms with Crippen LogP contribution in [0.2, 0.25) is 0 Å². The van der Waals surface area contributed by atoms with Gasteiger partial charge in [0, 0.05) is 11.9 Å². The van der Waals surface area contributed by atoms with Gasteiger partial charge in [0.1, 0.15) is 0 Å². The van der Waals surface area contributed by atoms with Crippen molar-refractivity contribution in [1.82, 2.24) is 0 Å². The molecule has 0 N–H and O–H groups in total. The van der Waals surface area contributed by atoms with Crippen molar-refractivity contribution in [2.75, 3.05) is 0 Å². The summed E-state index contributed by atoms with van der Waals surface area (Å²) >= 11 is 0. The minimum absolute atomic E-state index is 1.03. The van der Waals surface area contributed by atoms with Crippen LogP contribution in [0.5, 0.6) is 0 Å². The molecule has 12 heavy (non-hydrogen) atoms. The first kappa shape index (κ1) is 10.9. The Balaban J connectivity index is 4.47. The lowest BCUT2D eigenvalue weighted by Crippen LogP contribution is -1.82. The monoisotopic (exact) mass is 163 g/mol. The molecule has 66 valence electrons. The molecule has 0 aliphatic carbocycles. The van der Waals surface area contributed by atoms with Gasteiger partial charge in [0.15, 0.2) is 0 Å². The Morgan fingerprint density at radius 2 is 1.83 bits per heavy atom. The SMILES string of the molecule is C=C(C)\C(C)=C(C)/N=C\C=C/C. The van der Waals surface area contributed by atoms with Gasteiger partial charge in [0.05, 0.1) is 0 Å². The Labute approximate surface area is 75.2 Å². The molecule has 0 amide bonds. The quantitative estimate of drug-likeness (QED) is 0.446. The van der Waals surface area contributed by atoms with Gasteiger partial charge in [0.25, 0.3) is 0 Å². The molecule has 0 saturated heterocycles. The Morgan fingerprint density at radius 3 is 2.25 bits per heavy atom. The van der Waals surface area contributed by atoms with Crippen molar-refractivity contribution in [1.29, 1.82) is 0 Å². The van der Waals surface area contributed by atoms with Gasteiger partial charge >= 0.3 is 0 Å². The van der Waals surface area contributed by atoms with Crippen LogP contribution in [0.1, 0.15) is 27.7 Å². The molecule has 0 spiro atoms. The molecule has 0 aliphatic rings. The van der Waals surface area contributed by atoms with Crippen molar-refractivity contribution < 1.29 is 0 Å². The fourth-order valence-corrected chi connectivity index (χ4v) is 0.647. The zero-order valence-corrected chi connectivity index (χ0v) is 8.39. The van der Waals surface area contributed by atoms with Gasteiger partial charge < -0.3 is 0 Å². The number of allylic oxidation sites excluding steroid dienone is 5. The number of rotatable bonds is 3. The Hall–Kier alpha value is -1.11. The van der Waals surface area contributed by atoms with Gasteiger partial charge in [0.2, 0.25) is 0 Å². The van der Waals surface area contributed by atoms with E-state index in [4.69, 9.17) is 0 Å². The smallest absolute Gasteiger partial charge is 0.0404 e. The van der Waals surface area contributed by atoms with Gasteiger partial charge in [-0.3, -0.25) is 4.99 Å². The normalized spacial score (nSPS) is 14.0. The standard InChI is InChI=1S/C11H17N/c1-6-7-8-12-11(5)10(4)9(2)3/h6-8H,2H2,1,3-5H3/b7-6-,11-10-,12-8-. The van der Waals surface area contributed by atoms with Gasteiger partial charge in [-0.2, -0.15) is 0 Å². The predicted octanol–water partition coefficient (Wildman–Crippen LogP) is 3.50. The van der Waals surface area contributed by atoms with Gasteiger partial charge in [-0.25, -0.2) is 0 Å². The molecule has 0 radical (unpaired) electrons. The summed E-state index contributed by atoms with van der Waals surface area (Å²) in [5, 5.41) is 0.